The molecule has 1 fully saturated rings. The molecule has 1 aliphatic rings. The van der Waals surface area contributed by atoms with Crippen molar-refractivity contribution >= 4 is 79.5 Å². The molecule has 1 aromatic rings. The van der Waals surface area contributed by atoms with Gasteiger partial charge in [-0.15, -0.1) is 22.7 Å². The Morgan fingerprint density at radius 1 is 1.35 bits per heavy atom. The molecule has 1 saturated heterocycles. The maximum absolute atomic E-state index is 5.46. The molecule has 2 rings (SSSR count). The highest BCUT2D eigenvalue weighted by Gasteiger charge is 2.19. The van der Waals surface area contributed by atoms with E-state index in [2.05, 4.69) is 47.8 Å². The molecule has 1 aromatic carbocycles. The lowest BCUT2D eigenvalue weighted by Crippen LogP contribution is -1.94. The number of benzene rings is 1. The molecule has 2 nitrogen and oxygen atoms in total. The van der Waals surface area contributed by atoms with Crippen molar-refractivity contribution in [3.8, 4) is 5.75 Å². The van der Waals surface area contributed by atoms with E-state index < -0.39 is 0 Å². The van der Waals surface area contributed by atoms with Crippen LogP contribution in [0.3, 0.4) is 0 Å². The molecule has 2 radical (unpaired) electrons. The van der Waals surface area contributed by atoms with Gasteiger partial charge in [0.15, 0.2) is 0 Å². The Morgan fingerprint density at radius 3 is 2.41 bits per heavy atom. The van der Waals surface area contributed by atoms with Crippen LogP contribution >= 0.6 is 70.5 Å². The van der Waals surface area contributed by atoms with Crippen LogP contribution in [0.15, 0.2) is 25.6 Å². The molecule has 94 valence electrons. The van der Waals surface area contributed by atoms with E-state index in [0.717, 1.165) is 25.8 Å². The molecule has 0 spiro atoms. The molecule has 0 bridgehead atoms. The number of hydrogen-bond acceptors (Lipinski definition) is 2. The normalized spacial score (nSPS) is 17.1. The van der Waals surface area contributed by atoms with Gasteiger partial charge in [0.1, 0.15) is 5.75 Å². The monoisotopic (exact) mass is 482 g/mol. The Hall–Kier alpha value is 1.22. The van der Waals surface area contributed by atoms with Gasteiger partial charge in [-0.05, 0) is 59.9 Å². The highest BCUT2D eigenvalue weighted by molar-refractivity contribution is 9.14. The number of halogens is 5. The van der Waals surface area contributed by atoms with E-state index >= 15 is 0 Å². The summed E-state index contributed by atoms with van der Waals surface area (Å²) in [5.74, 6) is 1.40. The van der Waals surface area contributed by atoms with Gasteiger partial charge in [0, 0.05) is 8.95 Å². The molecule has 0 aromatic heterocycles. The molecule has 0 saturated carbocycles. The molecule has 1 heterocycles. The van der Waals surface area contributed by atoms with Crippen molar-refractivity contribution < 1.29 is 9.16 Å². The summed E-state index contributed by atoms with van der Waals surface area (Å²) in [4.78, 5) is 0. The van der Waals surface area contributed by atoms with Crippen molar-refractivity contribution in [2.75, 3.05) is 12.5 Å². The second-order valence-electron chi connectivity index (χ2n) is 2.96. The van der Waals surface area contributed by atoms with Gasteiger partial charge in [0.05, 0.1) is 23.1 Å². The molecule has 17 heavy (non-hydrogen) atoms. The Bertz CT molecular complexity index is 378. The van der Waals surface area contributed by atoms with E-state index in [1.54, 1.807) is 0 Å². The summed E-state index contributed by atoms with van der Waals surface area (Å²) in [6.45, 7) is 0.878. The number of ether oxygens (including phenoxy) is 1. The first kappa shape index (κ1) is 16.3. The van der Waals surface area contributed by atoms with Crippen molar-refractivity contribution in [3.63, 3.8) is 0 Å². The van der Waals surface area contributed by atoms with Crippen LogP contribution in [-0.4, -0.2) is 27.7 Å². The predicted octanol–water partition coefficient (Wildman–Crippen LogP) is 4.75. The van der Waals surface area contributed by atoms with Crippen molar-refractivity contribution in [1.29, 1.82) is 0 Å². The zero-order valence-corrected chi connectivity index (χ0v) is 15.6. The van der Waals surface area contributed by atoms with Crippen molar-refractivity contribution in [2.45, 2.75) is 6.10 Å². The molecule has 8 heteroatoms. The van der Waals surface area contributed by atoms with Crippen molar-refractivity contribution in [3.05, 3.63) is 25.6 Å². The Labute approximate surface area is 137 Å². The van der Waals surface area contributed by atoms with Gasteiger partial charge >= 0.3 is 9.07 Å². The van der Waals surface area contributed by atoms with Crippen LogP contribution in [0, 0.1) is 0 Å². The zero-order valence-electron chi connectivity index (χ0n) is 8.35. The highest BCUT2D eigenvalue weighted by Crippen LogP contribution is 2.37. The molecule has 1 aliphatic heterocycles. The minimum atomic E-state index is -0.0692. The molecule has 0 N–H and O–H groups in total. The number of rotatable bonds is 3. The van der Waals surface area contributed by atoms with Gasteiger partial charge < -0.3 is 9.16 Å². The molecular formula is C9H7Br3Cl2O2Si. The van der Waals surface area contributed by atoms with E-state index in [-0.39, 0.29) is 9.07 Å². The quantitative estimate of drug-likeness (QED) is 0.203. The van der Waals surface area contributed by atoms with Gasteiger partial charge in [-0.3, -0.25) is 0 Å². The number of hydrogen-bond donors (Lipinski definition) is 0. The van der Waals surface area contributed by atoms with E-state index in [9.17, 15) is 0 Å². The van der Waals surface area contributed by atoms with E-state index in [4.69, 9.17) is 31.8 Å². The molecule has 0 aliphatic carbocycles. The summed E-state index contributed by atoms with van der Waals surface area (Å²) in [6, 6.07) is 3.73. The van der Waals surface area contributed by atoms with Crippen LogP contribution in [0.5, 0.6) is 5.75 Å². The van der Waals surface area contributed by atoms with Crippen LogP contribution in [0.25, 0.3) is 0 Å². The highest BCUT2D eigenvalue weighted by atomic mass is 79.9. The van der Waals surface area contributed by atoms with Crippen LogP contribution in [0.2, 0.25) is 0 Å². The summed E-state index contributed by atoms with van der Waals surface area (Å²) < 4.78 is 12.7. The van der Waals surface area contributed by atoms with Gasteiger partial charge in [0.2, 0.25) is 0 Å². The third-order valence-corrected chi connectivity index (χ3v) is 5.93. The first-order valence-electron chi connectivity index (χ1n) is 4.43. The fraction of sp³-hybridized carbons (Fsp3) is 0.333. The third-order valence-electron chi connectivity index (χ3n) is 1.72. The smallest absolute Gasteiger partial charge is 0.440 e. The molecule has 1 unspecified atom stereocenters. The largest absolute Gasteiger partial charge is 0.526 e. The van der Waals surface area contributed by atoms with Crippen LogP contribution in [0.1, 0.15) is 0 Å². The van der Waals surface area contributed by atoms with Crippen molar-refractivity contribution in [2.24, 2.45) is 0 Å². The summed E-state index contributed by atoms with van der Waals surface area (Å²) in [7, 11) is -0.0692. The number of epoxide rings is 1. The summed E-state index contributed by atoms with van der Waals surface area (Å²) in [6.07, 6.45) is 0.400. The van der Waals surface area contributed by atoms with Gasteiger partial charge in [-0.25, -0.2) is 0 Å². The molecular weight excluding hydrogens is 479 g/mol. The second-order valence-corrected chi connectivity index (χ2v) is 6.53. The molecule has 1 atom stereocenters. The lowest BCUT2D eigenvalue weighted by molar-refractivity contribution is 0.425. The SMILES string of the molecule is ClCC1CO1.Cl[Si]Oc1ccc(Br)c(Br)c1Br. The topological polar surface area (TPSA) is 21.8 Å². The minimum Gasteiger partial charge on any atom is -0.526 e. The van der Waals surface area contributed by atoms with Crippen molar-refractivity contribution in [1.82, 2.24) is 0 Å². The maximum atomic E-state index is 5.46. The van der Waals surface area contributed by atoms with Gasteiger partial charge in [-0.2, -0.15) is 0 Å². The maximum Gasteiger partial charge on any atom is 0.440 e. The zero-order chi connectivity index (χ0) is 12.8. The first-order chi connectivity index (χ1) is 8.10. The Balaban J connectivity index is 0.000000239. The van der Waals surface area contributed by atoms with Gasteiger partial charge in [0.25, 0.3) is 0 Å². The molecule has 0 amide bonds. The predicted molar refractivity (Wildman–Crippen MR) is 82.2 cm³/mol. The van der Waals surface area contributed by atoms with E-state index in [0.29, 0.717) is 12.0 Å². The van der Waals surface area contributed by atoms with Gasteiger partial charge in [-0.1, -0.05) is 0 Å². The summed E-state index contributed by atoms with van der Waals surface area (Å²) >= 11 is 20.9. The van der Waals surface area contributed by atoms with E-state index in [1.165, 1.54) is 0 Å². The van der Waals surface area contributed by atoms with E-state index in [1.807, 2.05) is 12.1 Å². The van der Waals surface area contributed by atoms with Crippen LogP contribution in [-0.2, 0) is 4.74 Å². The summed E-state index contributed by atoms with van der Waals surface area (Å²) in [5, 5.41) is 0. The first-order valence-corrected chi connectivity index (χ1v) is 9.27. The third kappa shape index (κ3) is 5.80. The summed E-state index contributed by atoms with van der Waals surface area (Å²) in [5.41, 5.74) is 0. The van der Waals surface area contributed by atoms with Crippen LogP contribution < -0.4 is 4.43 Å². The lowest BCUT2D eigenvalue weighted by Gasteiger charge is -2.06. The Kier molecular flexibility index (Phi) is 8.04. The Morgan fingerprint density at radius 2 is 2.00 bits per heavy atom. The average molecular weight is 486 g/mol. The lowest BCUT2D eigenvalue weighted by atomic mass is 10.3. The number of alkyl halides is 1. The second kappa shape index (κ2) is 8.40. The van der Waals surface area contributed by atoms with Crippen LogP contribution in [0.4, 0.5) is 0 Å². The minimum absolute atomic E-state index is 0.0692. The average Bonchev–Trinajstić information content (AvgIpc) is 3.15. The fourth-order valence-corrected chi connectivity index (χ4v) is 2.97. The standard InChI is InChI=1S/C6H2Br3ClOSi.C3H5ClO/c7-3-1-2-4(11-12-10)6(9)5(3)8;4-1-3-2-5-3/h1-2H;3H,1-2H2. The fourth-order valence-electron chi connectivity index (χ4n) is 0.786.